The summed E-state index contributed by atoms with van der Waals surface area (Å²) in [5.41, 5.74) is 0.882. The molecule has 0 fully saturated rings. The first-order chi connectivity index (χ1) is 7.63. The second kappa shape index (κ2) is 6.00. The van der Waals surface area contributed by atoms with Gasteiger partial charge in [0.1, 0.15) is 0 Å². The molecule has 0 bridgehead atoms. The Bertz CT molecular complexity index is 363. The SMILES string of the molecule is CCCC(=O)NCCc1ccc(O)c(O)c1. The summed E-state index contributed by atoms with van der Waals surface area (Å²) in [6.45, 7) is 2.50. The lowest BCUT2D eigenvalue weighted by atomic mass is 10.1. The van der Waals surface area contributed by atoms with Gasteiger partial charge in [0.25, 0.3) is 0 Å². The molecule has 0 aliphatic carbocycles. The lowest BCUT2D eigenvalue weighted by Gasteiger charge is -2.05. The molecule has 1 rings (SSSR count). The van der Waals surface area contributed by atoms with E-state index in [0.717, 1.165) is 12.0 Å². The van der Waals surface area contributed by atoms with Gasteiger partial charge in [-0.2, -0.15) is 0 Å². The first kappa shape index (κ1) is 12.4. The minimum absolute atomic E-state index is 0.0468. The number of aromatic hydroxyl groups is 2. The quantitative estimate of drug-likeness (QED) is 0.663. The van der Waals surface area contributed by atoms with Gasteiger partial charge in [-0.3, -0.25) is 4.79 Å². The van der Waals surface area contributed by atoms with E-state index in [-0.39, 0.29) is 17.4 Å². The molecule has 0 heterocycles. The Kier molecular flexibility index (Phi) is 4.64. The second-order valence-corrected chi connectivity index (χ2v) is 3.67. The standard InChI is InChI=1S/C12H17NO3/c1-2-3-12(16)13-7-6-9-4-5-10(14)11(15)8-9/h4-5,8,14-15H,2-3,6-7H2,1H3,(H,13,16). The maximum absolute atomic E-state index is 11.2. The fourth-order valence-corrected chi connectivity index (χ4v) is 1.39. The normalized spacial score (nSPS) is 10.1. The molecule has 0 radical (unpaired) electrons. The zero-order chi connectivity index (χ0) is 12.0. The molecule has 4 nitrogen and oxygen atoms in total. The van der Waals surface area contributed by atoms with Crippen molar-refractivity contribution in [2.75, 3.05) is 6.54 Å². The molecule has 3 N–H and O–H groups in total. The molecule has 0 unspecified atom stereocenters. The van der Waals surface area contributed by atoms with Gasteiger partial charge in [0.15, 0.2) is 11.5 Å². The van der Waals surface area contributed by atoms with Crippen LogP contribution in [0.2, 0.25) is 0 Å². The van der Waals surface area contributed by atoms with Crippen LogP contribution in [0.25, 0.3) is 0 Å². The van der Waals surface area contributed by atoms with Gasteiger partial charge < -0.3 is 15.5 Å². The van der Waals surface area contributed by atoms with Crippen molar-refractivity contribution in [2.45, 2.75) is 26.2 Å². The molecule has 16 heavy (non-hydrogen) atoms. The Morgan fingerprint density at radius 1 is 1.31 bits per heavy atom. The third-order valence-electron chi connectivity index (χ3n) is 2.25. The summed E-state index contributed by atoms with van der Waals surface area (Å²) in [5.74, 6) is -0.207. The third kappa shape index (κ3) is 3.81. The topological polar surface area (TPSA) is 69.6 Å². The lowest BCUT2D eigenvalue weighted by molar-refractivity contribution is -0.121. The number of amides is 1. The molecule has 0 atom stereocenters. The number of nitrogens with one attached hydrogen (secondary N) is 1. The van der Waals surface area contributed by atoms with Gasteiger partial charge in [-0.25, -0.2) is 0 Å². The van der Waals surface area contributed by atoms with Crippen LogP contribution in [0.3, 0.4) is 0 Å². The molecule has 0 aliphatic rings. The number of carbonyl (C=O) groups excluding carboxylic acids is 1. The number of hydrogen-bond donors (Lipinski definition) is 3. The van der Waals surface area contributed by atoms with Crippen LogP contribution >= 0.6 is 0 Å². The highest BCUT2D eigenvalue weighted by Gasteiger charge is 2.02. The monoisotopic (exact) mass is 223 g/mol. The van der Waals surface area contributed by atoms with Gasteiger partial charge >= 0.3 is 0 Å². The minimum atomic E-state index is -0.127. The van der Waals surface area contributed by atoms with Crippen molar-refractivity contribution in [3.63, 3.8) is 0 Å². The van der Waals surface area contributed by atoms with Gasteiger partial charge in [0, 0.05) is 13.0 Å². The predicted molar refractivity (Wildman–Crippen MR) is 61.4 cm³/mol. The predicted octanol–water partition coefficient (Wildman–Crippen LogP) is 1.56. The van der Waals surface area contributed by atoms with Crippen molar-refractivity contribution in [3.05, 3.63) is 23.8 Å². The van der Waals surface area contributed by atoms with E-state index in [1.807, 2.05) is 6.92 Å². The van der Waals surface area contributed by atoms with Crippen molar-refractivity contribution >= 4 is 5.91 Å². The molecule has 1 aromatic carbocycles. The Balaban J connectivity index is 2.37. The molecule has 0 aliphatic heterocycles. The first-order valence-corrected chi connectivity index (χ1v) is 5.41. The van der Waals surface area contributed by atoms with E-state index in [9.17, 15) is 9.90 Å². The largest absolute Gasteiger partial charge is 0.504 e. The number of benzene rings is 1. The fraction of sp³-hybridized carbons (Fsp3) is 0.417. The average molecular weight is 223 g/mol. The second-order valence-electron chi connectivity index (χ2n) is 3.67. The van der Waals surface area contributed by atoms with Crippen molar-refractivity contribution in [1.82, 2.24) is 5.32 Å². The number of phenolic OH excluding ortho intramolecular Hbond substituents is 2. The molecule has 1 amide bonds. The molecule has 1 aromatic rings. The number of carbonyl (C=O) groups is 1. The van der Waals surface area contributed by atoms with Crippen LogP contribution < -0.4 is 5.32 Å². The van der Waals surface area contributed by atoms with E-state index in [4.69, 9.17) is 5.11 Å². The molecule has 0 spiro atoms. The van der Waals surface area contributed by atoms with Gasteiger partial charge in [-0.15, -0.1) is 0 Å². The van der Waals surface area contributed by atoms with Gasteiger partial charge in [0.2, 0.25) is 5.91 Å². The van der Waals surface area contributed by atoms with E-state index in [0.29, 0.717) is 19.4 Å². The molecule has 0 saturated heterocycles. The van der Waals surface area contributed by atoms with Crippen LogP contribution in [0.15, 0.2) is 18.2 Å². The summed E-state index contributed by atoms with van der Waals surface area (Å²) in [6, 6.07) is 4.67. The minimum Gasteiger partial charge on any atom is -0.504 e. The highest BCUT2D eigenvalue weighted by Crippen LogP contribution is 2.24. The summed E-state index contributed by atoms with van der Waals surface area (Å²) < 4.78 is 0. The molecular weight excluding hydrogens is 206 g/mol. The highest BCUT2D eigenvalue weighted by molar-refractivity contribution is 5.75. The summed E-state index contributed by atoms with van der Waals surface area (Å²) in [4.78, 5) is 11.2. The van der Waals surface area contributed by atoms with Crippen LogP contribution in [-0.2, 0) is 11.2 Å². The Labute approximate surface area is 94.9 Å². The first-order valence-electron chi connectivity index (χ1n) is 5.41. The number of hydrogen-bond acceptors (Lipinski definition) is 3. The van der Waals surface area contributed by atoms with Crippen LogP contribution in [0.5, 0.6) is 11.5 Å². The highest BCUT2D eigenvalue weighted by atomic mass is 16.3. The number of phenols is 2. The van der Waals surface area contributed by atoms with Crippen molar-refractivity contribution < 1.29 is 15.0 Å². The fourth-order valence-electron chi connectivity index (χ4n) is 1.39. The average Bonchev–Trinajstić information content (AvgIpc) is 2.24. The lowest BCUT2D eigenvalue weighted by Crippen LogP contribution is -2.25. The van der Waals surface area contributed by atoms with E-state index < -0.39 is 0 Å². The molecule has 4 heteroatoms. The summed E-state index contributed by atoms with van der Waals surface area (Å²) >= 11 is 0. The maximum atomic E-state index is 11.2. The molecular formula is C12H17NO3. The number of rotatable bonds is 5. The van der Waals surface area contributed by atoms with Crippen molar-refractivity contribution in [3.8, 4) is 11.5 Å². The zero-order valence-corrected chi connectivity index (χ0v) is 9.36. The van der Waals surface area contributed by atoms with E-state index >= 15 is 0 Å². The molecule has 0 aromatic heterocycles. The third-order valence-corrected chi connectivity index (χ3v) is 2.25. The van der Waals surface area contributed by atoms with Crippen LogP contribution in [0.1, 0.15) is 25.3 Å². The van der Waals surface area contributed by atoms with Crippen LogP contribution in [-0.4, -0.2) is 22.7 Å². The molecule has 0 saturated carbocycles. The van der Waals surface area contributed by atoms with Gasteiger partial charge in [-0.05, 0) is 30.5 Å². The Morgan fingerprint density at radius 3 is 2.69 bits per heavy atom. The van der Waals surface area contributed by atoms with Crippen molar-refractivity contribution in [1.29, 1.82) is 0 Å². The maximum Gasteiger partial charge on any atom is 0.219 e. The van der Waals surface area contributed by atoms with E-state index in [1.54, 1.807) is 6.07 Å². The van der Waals surface area contributed by atoms with E-state index in [1.165, 1.54) is 12.1 Å². The van der Waals surface area contributed by atoms with Gasteiger partial charge in [-0.1, -0.05) is 13.0 Å². The van der Waals surface area contributed by atoms with Crippen LogP contribution in [0, 0.1) is 0 Å². The van der Waals surface area contributed by atoms with Crippen LogP contribution in [0.4, 0.5) is 0 Å². The van der Waals surface area contributed by atoms with E-state index in [2.05, 4.69) is 5.32 Å². The van der Waals surface area contributed by atoms with Gasteiger partial charge in [0.05, 0.1) is 0 Å². The summed E-state index contributed by atoms with van der Waals surface area (Å²) in [7, 11) is 0. The Morgan fingerprint density at radius 2 is 2.06 bits per heavy atom. The zero-order valence-electron chi connectivity index (χ0n) is 9.36. The Hall–Kier alpha value is -1.71. The summed E-state index contributed by atoms with van der Waals surface area (Å²) in [6.07, 6.45) is 2.02. The summed E-state index contributed by atoms with van der Waals surface area (Å²) in [5, 5.41) is 21.1. The molecule has 88 valence electrons. The van der Waals surface area contributed by atoms with Crippen molar-refractivity contribution in [2.24, 2.45) is 0 Å². The smallest absolute Gasteiger partial charge is 0.219 e.